The van der Waals surface area contributed by atoms with Crippen molar-refractivity contribution in [2.45, 2.75) is 24.6 Å². The first kappa shape index (κ1) is 16.8. The Morgan fingerprint density at radius 3 is 2.77 bits per heavy atom. The molecule has 0 radical (unpaired) electrons. The Morgan fingerprint density at radius 1 is 1.23 bits per heavy atom. The molecule has 3 aliphatic heterocycles. The van der Waals surface area contributed by atoms with Crippen molar-refractivity contribution in [1.29, 1.82) is 0 Å². The summed E-state index contributed by atoms with van der Waals surface area (Å²) in [5.41, 5.74) is 0. The normalized spacial score (nSPS) is 28.2. The Balaban J connectivity index is 1.49. The molecular weight excluding hydrogens is 338 g/mol. The monoisotopic (exact) mass is 359 g/mol. The minimum Gasteiger partial charge on any atom is -0.459 e. The van der Waals surface area contributed by atoms with Crippen LogP contribution in [0.15, 0.2) is 35.5 Å². The summed E-state index contributed by atoms with van der Waals surface area (Å²) < 4.78 is 10.8. The fourth-order valence-corrected chi connectivity index (χ4v) is 3.98. The smallest absolute Gasteiger partial charge is 0.289 e. The van der Waals surface area contributed by atoms with Gasteiger partial charge in [-0.1, -0.05) is 6.08 Å². The van der Waals surface area contributed by atoms with E-state index in [1.165, 1.54) is 6.26 Å². The van der Waals surface area contributed by atoms with Gasteiger partial charge in [-0.3, -0.25) is 14.4 Å². The van der Waals surface area contributed by atoms with Crippen molar-refractivity contribution in [2.24, 2.45) is 0 Å². The van der Waals surface area contributed by atoms with Crippen LogP contribution in [0.3, 0.4) is 0 Å². The van der Waals surface area contributed by atoms with Crippen LogP contribution in [0, 0.1) is 0 Å². The van der Waals surface area contributed by atoms with Crippen molar-refractivity contribution in [3.8, 4) is 0 Å². The largest absolute Gasteiger partial charge is 0.459 e. The van der Waals surface area contributed by atoms with Gasteiger partial charge in [0.05, 0.1) is 25.5 Å². The molecule has 0 aromatic carbocycles. The van der Waals surface area contributed by atoms with Gasteiger partial charge in [-0.2, -0.15) is 0 Å². The van der Waals surface area contributed by atoms with Crippen LogP contribution in [0.5, 0.6) is 0 Å². The Labute approximate surface area is 151 Å². The topological polar surface area (TPSA) is 83.3 Å². The molecule has 1 aromatic rings. The number of hydrogen-bond donors (Lipinski definition) is 0. The lowest BCUT2D eigenvalue weighted by atomic mass is 10.0. The summed E-state index contributed by atoms with van der Waals surface area (Å²) >= 11 is 0. The Kier molecular flexibility index (Phi) is 4.28. The third kappa shape index (κ3) is 2.70. The van der Waals surface area contributed by atoms with Gasteiger partial charge < -0.3 is 23.9 Å². The molecule has 4 rings (SSSR count). The molecule has 3 saturated heterocycles. The number of nitrogens with zero attached hydrogens (tertiary/aromatic N) is 3. The van der Waals surface area contributed by atoms with Crippen molar-refractivity contribution >= 4 is 17.7 Å². The molecular formula is C18H21N3O5. The molecule has 4 heterocycles. The number of carbonyl (C=O) groups excluding carboxylic acids is 3. The number of rotatable bonds is 4. The van der Waals surface area contributed by atoms with Gasteiger partial charge in [-0.15, -0.1) is 6.58 Å². The van der Waals surface area contributed by atoms with Gasteiger partial charge in [0.2, 0.25) is 11.8 Å². The number of furan rings is 1. The molecule has 0 N–H and O–H groups in total. The van der Waals surface area contributed by atoms with Crippen LogP contribution in [0.2, 0.25) is 0 Å². The van der Waals surface area contributed by atoms with Crippen LogP contribution >= 0.6 is 0 Å². The van der Waals surface area contributed by atoms with E-state index in [-0.39, 0.29) is 36.1 Å². The maximum atomic E-state index is 13.0. The van der Waals surface area contributed by atoms with Gasteiger partial charge in [-0.25, -0.2) is 0 Å². The number of amides is 3. The molecule has 3 fully saturated rings. The van der Waals surface area contributed by atoms with Crippen LogP contribution in [-0.2, 0) is 14.3 Å². The molecule has 138 valence electrons. The van der Waals surface area contributed by atoms with Gasteiger partial charge in [0.25, 0.3) is 5.91 Å². The fraction of sp³-hybridized carbons (Fsp3) is 0.500. The number of piperazine rings is 2. The van der Waals surface area contributed by atoms with Crippen LogP contribution in [0.1, 0.15) is 17.0 Å². The van der Waals surface area contributed by atoms with Crippen LogP contribution in [0.25, 0.3) is 0 Å². The summed E-state index contributed by atoms with van der Waals surface area (Å²) in [7, 11) is 0. The minimum atomic E-state index is -0.635. The summed E-state index contributed by atoms with van der Waals surface area (Å²) in [6.45, 7) is 5.34. The Hall–Kier alpha value is -2.61. The zero-order valence-electron chi connectivity index (χ0n) is 14.4. The van der Waals surface area contributed by atoms with E-state index in [9.17, 15) is 14.4 Å². The second-order valence-electron chi connectivity index (χ2n) is 6.76. The van der Waals surface area contributed by atoms with Crippen LogP contribution < -0.4 is 0 Å². The van der Waals surface area contributed by atoms with Crippen molar-refractivity contribution in [3.05, 3.63) is 36.8 Å². The predicted octanol–water partition coefficient (Wildman–Crippen LogP) is 0.118. The lowest BCUT2D eigenvalue weighted by Crippen LogP contribution is -2.69. The molecule has 0 saturated carbocycles. The van der Waals surface area contributed by atoms with Gasteiger partial charge in [-0.05, 0) is 12.1 Å². The molecule has 0 unspecified atom stereocenters. The van der Waals surface area contributed by atoms with E-state index in [2.05, 4.69) is 6.58 Å². The molecule has 3 amide bonds. The van der Waals surface area contributed by atoms with E-state index >= 15 is 0 Å². The average molecular weight is 359 g/mol. The SMILES string of the molecule is C=CCO[C@@H]1C[C@H]2C(=O)N3CCN(C(=O)c4ccco4)C[C@H]3C(=O)N2C1. The first-order valence-corrected chi connectivity index (χ1v) is 8.76. The Morgan fingerprint density at radius 2 is 2.04 bits per heavy atom. The average Bonchev–Trinajstić information content (AvgIpc) is 3.33. The molecule has 1 aromatic heterocycles. The van der Waals surface area contributed by atoms with E-state index in [4.69, 9.17) is 9.15 Å². The standard InChI is InChI=1S/C18H21N3O5/c1-2-7-25-12-9-13-16(22)20-6-5-19(18(24)15-4-3-8-26-15)11-14(20)17(23)21(13)10-12/h2-4,8,12-14H,1,5-7,9-11H2/t12-,13+,14+/m1/s1. The maximum absolute atomic E-state index is 13.0. The van der Waals surface area contributed by atoms with E-state index < -0.39 is 12.1 Å². The molecule has 3 aliphatic rings. The first-order valence-electron chi connectivity index (χ1n) is 8.76. The highest BCUT2D eigenvalue weighted by Crippen LogP contribution is 2.30. The minimum absolute atomic E-state index is 0.0515. The van der Waals surface area contributed by atoms with Crippen molar-refractivity contribution in [3.63, 3.8) is 0 Å². The fourth-order valence-electron chi connectivity index (χ4n) is 3.98. The van der Waals surface area contributed by atoms with Crippen molar-refractivity contribution in [2.75, 3.05) is 32.8 Å². The summed E-state index contributed by atoms with van der Waals surface area (Å²) in [4.78, 5) is 43.1. The highest BCUT2D eigenvalue weighted by atomic mass is 16.5. The molecule has 8 heteroatoms. The van der Waals surface area contributed by atoms with Crippen LogP contribution in [-0.4, -0.2) is 83.4 Å². The third-order valence-electron chi connectivity index (χ3n) is 5.25. The summed E-state index contributed by atoms with van der Waals surface area (Å²) in [6, 6.07) is 2.16. The van der Waals surface area contributed by atoms with E-state index in [0.717, 1.165) is 0 Å². The molecule has 0 bridgehead atoms. The second kappa shape index (κ2) is 6.60. The lowest BCUT2D eigenvalue weighted by molar-refractivity contribution is -0.162. The van der Waals surface area contributed by atoms with E-state index in [0.29, 0.717) is 32.7 Å². The number of hydrogen-bond acceptors (Lipinski definition) is 5. The number of carbonyl (C=O) groups is 3. The lowest BCUT2D eigenvalue weighted by Gasteiger charge is -2.47. The van der Waals surface area contributed by atoms with E-state index in [1.54, 1.807) is 32.9 Å². The summed E-state index contributed by atoms with van der Waals surface area (Å²) in [6.07, 6.45) is 3.45. The van der Waals surface area contributed by atoms with Gasteiger partial charge in [0.1, 0.15) is 12.1 Å². The highest BCUT2D eigenvalue weighted by Gasteiger charge is 2.52. The van der Waals surface area contributed by atoms with Gasteiger partial charge >= 0.3 is 0 Å². The maximum Gasteiger partial charge on any atom is 0.289 e. The van der Waals surface area contributed by atoms with Gasteiger partial charge in [0, 0.05) is 26.1 Å². The van der Waals surface area contributed by atoms with Crippen molar-refractivity contribution < 1.29 is 23.5 Å². The zero-order chi connectivity index (χ0) is 18.3. The summed E-state index contributed by atoms with van der Waals surface area (Å²) in [5.74, 6) is -0.184. The summed E-state index contributed by atoms with van der Waals surface area (Å²) in [5, 5.41) is 0. The van der Waals surface area contributed by atoms with Crippen molar-refractivity contribution in [1.82, 2.24) is 14.7 Å². The van der Waals surface area contributed by atoms with E-state index in [1.807, 2.05) is 0 Å². The van der Waals surface area contributed by atoms with Crippen LogP contribution in [0.4, 0.5) is 0 Å². The second-order valence-corrected chi connectivity index (χ2v) is 6.76. The molecule has 8 nitrogen and oxygen atoms in total. The molecule has 0 spiro atoms. The highest BCUT2D eigenvalue weighted by molar-refractivity contribution is 5.99. The third-order valence-corrected chi connectivity index (χ3v) is 5.25. The number of ether oxygens (including phenoxy) is 1. The zero-order valence-corrected chi connectivity index (χ0v) is 14.4. The van der Waals surface area contributed by atoms with Gasteiger partial charge in [0.15, 0.2) is 5.76 Å². The molecule has 26 heavy (non-hydrogen) atoms. The Bertz CT molecular complexity index is 731. The first-order chi connectivity index (χ1) is 12.6. The molecule has 0 aliphatic carbocycles. The number of fused-ring (bicyclic) bond motifs is 2. The quantitative estimate of drug-likeness (QED) is 0.713. The predicted molar refractivity (Wildman–Crippen MR) is 90.2 cm³/mol. The molecule has 3 atom stereocenters.